The van der Waals surface area contributed by atoms with Crippen molar-refractivity contribution < 1.29 is 27.6 Å². The van der Waals surface area contributed by atoms with Crippen LogP contribution >= 0.6 is 11.8 Å². The summed E-state index contributed by atoms with van der Waals surface area (Å²) in [5.74, 6) is -1.73. The Balaban J connectivity index is 0.00000334. The largest absolute Gasteiger partial charge is 0.405 e. The molecule has 1 atom stereocenters. The molecular weight excluding hydrogens is 509 g/mol. The molecule has 1 fully saturated rings. The van der Waals surface area contributed by atoms with Crippen molar-refractivity contribution in [3.05, 3.63) is 34.9 Å². The van der Waals surface area contributed by atoms with Gasteiger partial charge in [0.15, 0.2) is 0 Å². The van der Waals surface area contributed by atoms with E-state index in [1.807, 2.05) is 32.7 Å². The molecule has 0 saturated carbocycles. The molecule has 37 heavy (non-hydrogen) atoms. The Labute approximate surface area is 219 Å². The average Bonchev–Trinajstić information content (AvgIpc) is 3.17. The number of nitrogens with one attached hydrogen (secondary N) is 3. The number of amides is 3. The van der Waals surface area contributed by atoms with Gasteiger partial charge in [-0.2, -0.15) is 18.4 Å². The van der Waals surface area contributed by atoms with Crippen molar-refractivity contribution in [2.45, 2.75) is 39.1 Å². The number of benzene rings is 1. The number of hydrogen-bond donors (Lipinski definition) is 3. The summed E-state index contributed by atoms with van der Waals surface area (Å²) >= 11 is 0.943. The van der Waals surface area contributed by atoms with Gasteiger partial charge in [-0.1, -0.05) is 38.6 Å². The maximum absolute atomic E-state index is 12.8. The van der Waals surface area contributed by atoms with Crippen molar-refractivity contribution in [2.75, 3.05) is 50.4 Å². The molecule has 0 spiro atoms. The van der Waals surface area contributed by atoms with E-state index >= 15 is 0 Å². The third kappa shape index (κ3) is 9.97. The molecule has 2 rings (SSSR count). The van der Waals surface area contributed by atoms with Crippen LogP contribution in [0.25, 0.3) is 0 Å². The first kappa shape index (κ1) is 31.8. The zero-order chi connectivity index (χ0) is 28.2. The summed E-state index contributed by atoms with van der Waals surface area (Å²) in [6.07, 6.45) is -4.63. The average molecular weight is 543 g/mol. The Kier molecular flexibility index (Phi) is 13.0. The van der Waals surface area contributed by atoms with E-state index in [4.69, 9.17) is 0 Å². The fourth-order valence-electron chi connectivity index (χ4n) is 3.08. The minimum Gasteiger partial charge on any atom is -0.383 e. The van der Waals surface area contributed by atoms with Crippen molar-refractivity contribution >= 4 is 40.9 Å². The summed E-state index contributed by atoms with van der Waals surface area (Å²) in [7, 11) is 1.83. The molecule has 9 nitrogen and oxygen atoms in total. The van der Waals surface area contributed by atoms with E-state index in [-0.39, 0.29) is 36.5 Å². The van der Waals surface area contributed by atoms with E-state index in [1.165, 1.54) is 4.90 Å². The van der Waals surface area contributed by atoms with Gasteiger partial charge in [0.1, 0.15) is 28.5 Å². The second-order valence-corrected chi connectivity index (χ2v) is 8.81. The van der Waals surface area contributed by atoms with E-state index in [2.05, 4.69) is 10.6 Å². The normalized spacial score (nSPS) is 16.5. The highest BCUT2D eigenvalue weighted by Crippen LogP contribution is 2.37. The van der Waals surface area contributed by atoms with Gasteiger partial charge < -0.3 is 20.9 Å². The number of alkyl halides is 3. The Hall–Kier alpha value is -3.24. The first-order valence-corrected chi connectivity index (χ1v) is 12.7. The van der Waals surface area contributed by atoms with Crippen molar-refractivity contribution in [2.24, 2.45) is 0 Å². The Morgan fingerprint density at radius 1 is 1.22 bits per heavy atom. The number of carbonyl (C=O) groups excluding carboxylic acids is 3. The van der Waals surface area contributed by atoms with Gasteiger partial charge in [0.2, 0.25) is 11.8 Å². The molecule has 13 heteroatoms. The van der Waals surface area contributed by atoms with E-state index in [1.54, 1.807) is 42.6 Å². The van der Waals surface area contributed by atoms with Crippen LogP contribution in [0.4, 0.5) is 24.5 Å². The third-order valence-corrected chi connectivity index (χ3v) is 6.25. The molecule has 1 saturated heterocycles. The number of likely N-dealkylation sites (N-methyl/N-ethyl adjacent to an activating group) is 1. The molecule has 1 unspecified atom stereocenters. The molecule has 1 aromatic carbocycles. The first-order valence-electron chi connectivity index (χ1n) is 11.8. The fourth-order valence-corrected chi connectivity index (χ4v) is 4.35. The van der Waals surface area contributed by atoms with Crippen LogP contribution < -0.4 is 16.0 Å². The predicted molar refractivity (Wildman–Crippen MR) is 139 cm³/mol. The van der Waals surface area contributed by atoms with Gasteiger partial charge in [-0.3, -0.25) is 19.3 Å². The molecule has 3 amide bonds. The van der Waals surface area contributed by atoms with Crippen LogP contribution in [0, 0.1) is 11.3 Å². The fraction of sp³-hybridized carbons (Fsp3) is 0.500. The van der Waals surface area contributed by atoms with Crippen LogP contribution in [0.3, 0.4) is 0 Å². The van der Waals surface area contributed by atoms with Gasteiger partial charge in [-0.05, 0) is 38.7 Å². The summed E-state index contributed by atoms with van der Waals surface area (Å²) in [5.41, 5.74) is 0.654. The highest BCUT2D eigenvalue weighted by molar-refractivity contribution is 8.04. The molecule has 1 aliphatic rings. The molecule has 0 aliphatic carbocycles. The lowest BCUT2D eigenvalue weighted by Gasteiger charge is -2.16. The lowest BCUT2D eigenvalue weighted by atomic mass is 10.2. The van der Waals surface area contributed by atoms with Crippen LogP contribution in [0.15, 0.2) is 34.9 Å². The van der Waals surface area contributed by atoms with Gasteiger partial charge in [-0.25, -0.2) is 0 Å². The lowest BCUT2D eigenvalue weighted by Crippen LogP contribution is -2.36. The number of thioether (sulfide) groups is 1. The van der Waals surface area contributed by atoms with Gasteiger partial charge in [0.05, 0.1) is 6.54 Å². The Bertz CT molecular complexity index is 1030. The second-order valence-electron chi connectivity index (χ2n) is 7.62. The zero-order valence-corrected chi connectivity index (χ0v) is 22.3. The summed E-state index contributed by atoms with van der Waals surface area (Å²) in [6.45, 7) is 7.23. The number of halogens is 3. The van der Waals surface area contributed by atoms with Gasteiger partial charge in [0.25, 0.3) is 5.91 Å². The van der Waals surface area contributed by atoms with E-state index < -0.39 is 29.5 Å². The van der Waals surface area contributed by atoms with Crippen molar-refractivity contribution in [1.82, 2.24) is 15.1 Å². The minimum absolute atomic E-state index is 0.0209. The lowest BCUT2D eigenvalue weighted by molar-refractivity contribution is -0.136. The van der Waals surface area contributed by atoms with Crippen LogP contribution in [0.5, 0.6) is 0 Å². The molecule has 204 valence electrons. The van der Waals surface area contributed by atoms with Crippen LogP contribution in [0.1, 0.15) is 27.7 Å². The molecular formula is C24H33F3N6O3S. The van der Waals surface area contributed by atoms with Gasteiger partial charge >= 0.3 is 6.18 Å². The topological polar surface area (TPSA) is 118 Å². The van der Waals surface area contributed by atoms with E-state index in [9.17, 15) is 32.8 Å². The number of nitriles is 1. The summed E-state index contributed by atoms with van der Waals surface area (Å²) in [6, 6.07) is 8.53. The van der Waals surface area contributed by atoms with Crippen LogP contribution in [-0.4, -0.2) is 78.7 Å². The third-order valence-electron chi connectivity index (χ3n) is 4.95. The molecule has 0 bridgehead atoms. The number of nitrogens with zero attached hydrogens (tertiary/aromatic N) is 3. The summed E-state index contributed by atoms with van der Waals surface area (Å²) in [5, 5.41) is 16.3. The second kappa shape index (κ2) is 15.1. The van der Waals surface area contributed by atoms with Crippen LogP contribution in [0.2, 0.25) is 0 Å². The number of hydrogen-bond acceptors (Lipinski definition) is 7. The highest BCUT2D eigenvalue weighted by atomic mass is 32.2. The maximum Gasteiger partial charge on any atom is 0.405 e. The molecule has 0 radical (unpaired) electrons. The molecule has 1 aliphatic heterocycles. The van der Waals surface area contributed by atoms with E-state index in [0.717, 1.165) is 18.3 Å². The number of rotatable bonds is 10. The van der Waals surface area contributed by atoms with Crippen molar-refractivity contribution in [1.29, 1.82) is 5.26 Å². The van der Waals surface area contributed by atoms with Gasteiger partial charge in [0, 0.05) is 24.5 Å². The Morgan fingerprint density at radius 2 is 1.86 bits per heavy atom. The van der Waals surface area contributed by atoms with Crippen molar-refractivity contribution in [3.8, 4) is 6.07 Å². The zero-order valence-electron chi connectivity index (χ0n) is 21.5. The SMILES string of the molecule is CC.CCN(C)CC(=O)Nc1cccc(NCC2S/C(=C(/C#N)C(=O)NCC(F)(F)F)N(CC)C2=O)c1. The van der Waals surface area contributed by atoms with Gasteiger partial charge in [-0.15, -0.1) is 0 Å². The first-order chi connectivity index (χ1) is 17.5. The molecule has 0 aromatic heterocycles. The Morgan fingerprint density at radius 3 is 2.43 bits per heavy atom. The predicted octanol–water partition coefficient (Wildman–Crippen LogP) is 3.39. The maximum atomic E-state index is 12.8. The monoisotopic (exact) mass is 542 g/mol. The van der Waals surface area contributed by atoms with E-state index in [0.29, 0.717) is 11.4 Å². The number of carbonyl (C=O) groups is 3. The smallest absolute Gasteiger partial charge is 0.383 e. The summed E-state index contributed by atoms with van der Waals surface area (Å²) in [4.78, 5) is 40.2. The van der Waals surface area contributed by atoms with Crippen molar-refractivity contribution in [3.63, 3.8) is 0 Å². The summed E-state index contributed by atoms with van der Waals surface area (Å²) < 4.78 is 37.3. The number of anilines is 2. The van der Waals surface area contributed by atoms with Crippen LogP contribution in [-0.2, 0) is 14.4 Å². The standard InChI is InChI=1S/C22H27F3N6O3S.C2H6/c1-4-30(3)12-18(32)29-15-8-6-7-14(9-15)27-11-17-20(34)31(5-2)21(35-17)16(10-26)19(33)28-13-22(23,24)25;1-2/h6-9,17,27H,4-5,11-13H2,1-3H3,(H,28,33)(H,29,32);1-2H3/b21-16-;. The molecule has 3 N–H and O–H groups in total. The molecule has 1 aromatic rings. The molecule has 1 heterocycles. The quantitative estimate of drug-likeness (QED) is 0.306. The highest BCUT2D eigenvalue weighted by Gasteiger charge is 2.39. The minimum atomic E-state index is -4.63.